The van der Waals surface area contributed by atoms with Crippen molar-refractivity contribution < 1.29 is 14.6 Å². The molecule has 3 heteroatoms. The average molecular weight is 268 g/mol. The third-order valence-corrected chi connectivity index (χ3v) is 3.22. The molecule has 0 aliphatic carbocycles. The van der Waals surface area contributed by atoms with Crippen LogP contribution >= 0.6 is 0 Å². The summed E-state index contributed by atoms with van der Waals surface area (Å²) in [5.74, 6) is 3.88. The van der Waals surface area contributed by atoms with E-state index in [9.17, 15) is 5.11 Å². The highest BCUT2D eigenvalue weighted by molar-refractivity contribution is 5.46. The predicted molar refractivity (Wildman–Crippen MR) is 77.8 cm³/mol. The van der Waals surface area contributed by atoms with Crippen molar-refractivity contribution in [1.82, 2.24) is 0 Å². The molecule has 1 N–H and O–H groups in total. The lowest BCUT2D eigenvalue weighted by molar-refractivity contribution is 0.145. The van der Waals surface area contributed by atoms with Gasteiger partial charge in [-0.3, -0.25) is 0 Å². The summed E-state index contributed by atoms with van der Waals surface area (Å²) in [7, 11) is 3.18. The van der Waals surface area contributed by atoms with E-state index in [-0.39, 0.29) is 0 Å². The molecule has 102 valence electrons. The highest BCUT2D eigenvalue weighted by atomic mass is 16.5. The molecule has 0 heterocycles. The number of terminal acetylenes is 1. The molecule has 0 atom stereocenters. The first kappa shape index (κ1) is 14.0. The van der Waals surface area contributed by atoms with Gasteiger partial charge < -0.3 is 14.6 Å². The Bertz CT molecular complexity index is 559. The Morgan fingerprint density at radius 1 is 0.850 bits per heavy atom. The molecule has 0 amide bonds. The zero-order valence-electron chi connectivity index (χ0n) is 11.5. The van der Waals surface area contributed by atoms with E-state index >= 15 is 0 Å². The Labute approximate surface area is 118 Å². The molecule has 0 bridgehead atoms. The van der Waals surface area contributed by atoms with Crippen LogP contribution in [0.1, 0.15) is 11.1 Å². The van der Waals surface area contributed by atoms with Crippen LogP contribution in [0.4, 0.5) is 0 Å². The Hall–Kier alpha value is -2.44. The SMILES string of the molecule is C#CC(O)(c1ccc(OC)cc1)c1ccc(OC)cc1. The highest BCUT2D eigenvalue weighted by Crippen LogP contribution is 2.31. The van der Waals surface area contributed by atoms with Crippen molar-refractivity contribution in [2.45, 2.75) is 5.60 Å². The summed E-state index contributed by atoms with van der Waals surface area (Å²) in [5.41, 5.74) is -0.240. The maximum Gasteiger partial charge on any atom is 0.176 e. The number of hydrogen-bond acceptors (Lipinski definition) is 3. The van der Waals surface area contributed by atoms with E-state index in [1.54, 1.807) is 62.8 Å². The lowest BCUT2D eigenvalue weighted by Gasteiger charge is -2.23. The third-order valence-electron chi connectivity index (χ3n) is 3.22. The quantitative estimate of drug-likeness (QED) is 0.866. The maximum atomic E-state index is 10.8. The van der Waals surface area contributed by atoms with Gasteiger partial charge in [0.15, 0.2) is 5.60 Å². The van der Waals surface area contributed by atoms with Crippen LogP contribution in [0.25, 0.3) is 0 Å². The third kappa shape index (κ3) is 2.47. The number of ether oxygens (including phenoxy) is 2. The molecule has 3 nitrogen and oxygen atoms in total. The lowest BCUT2D eigenvalue weighted by Crippen LogP contribution is -2.24. The topological polar surface area (TPSA) is 38.7 Å². The van der Waals surface area contributed by atoms with Crippen molar-refractivity contribution in [3.63, 3.8) is 0 Å². The van der Waals surface area contributed by atoms with Crippen LogP contribution in [-0.2, 0) is 5.60 Å². The van der Waals surface area contributed by atoms with Gasteiger partial charge in [0.1, 0.15) is 11.5 Å². The fourth-order valence-corrected chi connectivity index (χ4v) is 2.00. The van der Waals surface area contributed by atoms with E-state index in [4.69, 9.17) is 15.9 Å². The molecule has 0 radical (unpaired) electrons. The average Bonchev–Trinajstić information content (AvgIpc) is 2.54. The summed E-state index contributed by atoms with van der Waals surface area (Å²) in [5, 5.41) is 10.8. The van der Waals surface area contributed by atoms with Crippen LogP contribution in [-0.4, -0.2) is 19.3 Å². The van der Waals surface area contributed by atoms with E-state index in [0.29, 0.717) is 22.6 Å². The van der Waals surface area contributed by atoms with Crippen molar-refractivity contribution >= 4 is 0 Å². The van der Waals surface area contributed by atoms with Gasteiger partial charge in [0.05, 0.1) is 14.2 Å². The molecule has 2 aromatic carbocycles. The molecule has 2 aromatic rings. The summed E-state index contributed by atoms with van der Waals surface area (Å²) in [6.45, 7) is 0. The van der Waals surface area contributed by atoms with Crippen LogP contribution in [0.2, 0.25) is 0 Å². The van der Waals surface area contributed by atoms with Gasteiger partial charge in [0.2, 0.25) is 0 Å². The van der Waals surface area contributed by atoms with Crippen LogP contribution in [0, 0.1) is 12.3 Å². The van der Waals surface area contributed by atoms with Gasteiger partial charge in [0.25, 0.3) is 0 Å². The Morgan fingerprint density at radius 3 is 1.45 bits per heavy atom. The van der Waals surface area contributed by atoms with Gasteiger partial charge >= 0.3 is 0 Å². The first-order chi connectivity index (χ1) is 9.63. The van der Waals surface area contributed by atoms with Gasteiger partial charge in [-0.2, -0.15) is 0 Å². The minimum atomic E-state index is -1.47. The summed E-state index contributed by atoms with van der Waals surface area (Å²) in [6, 6.07) is 14.1. The molecule has 20 heavy (non-hydrogen) atoms. The molecule has 0 aliphatic rings. The van der Waals surface area contributed by atoms with Crippen molar-refractivity contribution in [3.8, 4) is 23.8 Å². The first-order valence-corrected chi connectivity index (χ1v) is 6.13. The second kappa shape index (κ2) is 5.68. The van der Waals surface area contributed by atoms with E-state index in [0.717, 1.165) is 0 Å². The molecule has 0 unspecified atom stereocenters. The van der Waals surface area contributed by atoms with Crippen LogP contribution in [0.5, 0.6) is 11.5 Å². The van der Waals surface area contributed by atoms with Gasteiger partial charge in [0, 0.05) is 11.1 Å². The normalized spacial score (nSPS) is 10.7. The van der Waals surface area contributed by atoms with E-state index < -0.39 is 5.60 Å². The van der Waals surface area contributed by atoms with Gasteiger partial charge in [-0.1, -0.05) is 30.2 Å². The van der Waals surface area contributed by atoms with Crippen molar-refractivity contribution in [2.75, 3.05) is 14.2 Å². The molecular weight excluding hydrogens is 252 g/mol. The first-order valence-electron chi connectivity index (χ1n) is 6.13. The van der Waals surface area contributed by atoms with E-state index in [2.05, 4.69) is 5.92 Å². The summed E-state index contributed by atoms with van der Waals surface area (Å²) >= 11 is 0. The molecule has 2 rings (SSSR count). The Kier molecular flexibility index (Phi) is 3.97. The highest BCUT2D eigenvalue weighted by Gasteiger charge is 2.29. The predicted octanol–water partition coefficient (Wildman–Crippen LogP) is 2.57. The molecule has 0 spiro atoms. The van der Waals surface area contributed by atoms with Gasteiger partial charge in [-0.05, 0) is 24.3 Å². The standard InChI is InChI=1S/C17H16O3/c1-4-17(18,13-5-9-15(19-2)10-6-13)14-7-11-16(20-3)12-8-14/h1,5-12,18H,2-3H3. The maximum absolute atomic E-state index is 10.8. The van der Waals surface area contributed by atoms with Crippen LogP contribution in [0.15, 0.2) is 48.5 Å². The summed E-state index contributed by atoms with van der Waals surface area (Å²) < 4.78 is 10.2. The molecule has 0 aliphatic heterocycles. The fraction of sp³-hybridized carbons (Fsp3) is 0.176. The van der Waals surface area contributed by atoms with Crippen LogP contribution < -0.4 is 9.47 Å². The number of methoxy groups -OCH3 is 2. The lowest BCUT2D eigenvalue weighted by atomic mass is 9.87. The van der Waals surface area contributed by atoms with Gasteiger partial charge in [-0.25, -0.2) is 0 Å². The second-order valence-corrected chi connectivity index (χ2v) is 4.31. The minimum absolute atomic E-state index is 0.617. The van der Waals surface area contributed by atoms with Crippen molar-refractivity contribution in [1.29, 1.82) is 0 Å². The number of aliphatic hydroxyl groups is 1. The molecule has 0 fully saturated rings. The smallest absolute Gasteiger partial charge is 0.176 e. The zero-order valence-corrected chi connectivity index (χ0v) is 11.5. The Morgan fingerprint density at radius 2 is 1.20 bits per heavy atom. The molecule has 0 aromatic heterocycles. The minimum Gasteiger partial charge on any atom is -0.497 e. The zero-order chi connectivity index (χ0) is 14.6. The molecular formula is C17H16O3. The number of benzene rings is 2. The largest absolute Gasteiger partial charge is 0.497 e. The Balaban J connectivity index is 2.43. The monoisotopic (exact) mass is 268 g/mol. The van der Waals surface area contributed by atoms with Crippen molar-refractivity contribution in [3.05, 3.63) is 59.7 Å². The summed E-state index contributed by atoms with van der Waals surface area (Å²) in [4.78, 5) is 0. The van der Waals surface area contributed by atoms with Crippen molar-refractivity contribution in [2.24, 2.45) is 0 Å². The van der Waals surface area contributed by atoms with Crippen LogP contribution in [0.3, 0.4) is 0 Å². The molecule has 0 saturated carbocycles. The number of rotatable bonds is 4. The molecule has 0 saturated heterocycles. The fourth-order valence-electron chi connectivity index (χ4n) is 2.00. The van der Waals surface area contributed by atoms with E-state index in [1.165, 1.54) is 0 Å². The van der Waals surface area contributed by atoms with E-state index in [1.807, 2.05) is 0 Å². The number of hydrogen-bond donors (Lipinski definition) is 1. The summed E-state index contributed by atoms with van der Waals surface area (Å²) in [6.07, 6.45) is 5.55. The second-order valence-electron chi connectivity index (χ2n) is 4.31. The van der Waals surface area contributed by atoms with Gasteiger partial charge in [-0.15, -0.1) is 6.42 Å².